The normalized spacial score (nSPS) is 35.4. The Bertz CT molecular complexity index is 411. The summed E-state index contributed by atoms with van der Waals surface area (Å²) in [5.74, 6) is 1.21. The number of carbonyl (C=O) groups excluding carboxylic acids is 2. The average molecular weight is 330 g/mol. The summed E-state index contributed by atoms with van der Waals surface area (Å²) in [6, 6.07) is 0. The number of ether oxygens (including phenoxy) is 3. The van der Waals surface area contributed by atoms with Crippen LogP contribution in [-0.2, 0) is 23.8 Å². The summed E-state index contributed by atoms with van der Waals surface area (Å²) < 4.78 is 16.2. The number of hydrogen-bond acceptors (Lipinski definition) is 6. The zero-order valence-corrected chi connectivity index (χ0v) is 14.6. The van der Waals surface area contributed by atoms with E-state index in [0.717, 1.165) is 12.8 Å². The minimum absolute atomic E-state index is 0.0341. The van der Waals surface area contributed by atoms with Gasteiger partial charge in [-0.25, -0.2) is 4.79 Å². The molecule has 0 spiro atoms. The summed E-state index contributed by atoms with van der Waals surface area (Å²) in [6.45, 7) is 7.89. The van der Waals surface area contributed by atoms with Crippen molar-refractivity contribution in [2.75, 3.05) is 5.75 Å². The largest absolute Gasteiger partial charge is 0.459 e. The summed E-state index contributed by atoms with van der Waals surface area (Å²) in [4.78, 5) is 23.2. The van der Waals surface area contributed by atoms with Gasteiger partial charge in [0.2, 0.25) is 11.7 Å². The van der Waals surface area contributed by atoms with E-state index in [1.807, 2.05) is 0 Å². The Hall–Kier alpha value is -0.750. The quantitative estimate of drug-likeness (QED) is 0.739. The van der Waals surface area contributed by atoms with Crippen LogP contribution in [0.2, 0.25) is 0 Å². The maximum atomic E-state index is 12.3. The molecule has 1 aliphatic heterocycles. The van der Waals surface area contributed by atoms with Gasteiger partial charge >= 0.3 is 11.9 Å². The molecule has 0 N–H and O–H groups in total. The first-order chi connectivity index (χ1) is 10.4. The van der Waals surface area contributed by atoms with E-state index in [1.165, 1.54) is 25.1 Å². The van der Waals surface area contributed by atoms with Crippen LogP contribution in [0.3, 0.4) is 0 Å². The molecule has 1 heterocycles. The minimum Gasteiger partial charge on any atom is -0.459 e. The molecule has 126 valence electrons. The predicted molar refractivity (Wildman–Crippen MR) is 84.1 cm³/mol. The predicted octanol–water partition coefficient (Wildman–Crippen LogP) is 2.97. The molecular formula is C16H26O5S. The van der Waals surface area contributed by atoms with Crippen LogP contribution in [0.1, 0.15) is 47.0 Å². The zero-order chi connectivity index (χ0) is 16.3. The molecule has 2 rings (SSSR count). The number of rotatable bonds is 4. The van der Waals surface area contributed by atoms with Crippen LogP contribution in [0.15, 0.2) is 0 Å². The molecular weight excluding hydrogens is 304 g/mol. The molecule has 0 bridgehead atoms. The van der Waals surface area contributed by atoms with E-state index in [1.54, 1.807) is 0 Å². The Morgan fingerprint density at radius 3 is 2.59 bits per heavy atom. The molecule has 5 atom stereocenters. The van der Waals surface area contributed by atoms with Gasteiger partial charge < -0.3 is 14.2 Å². The van der Waals surface area contributed by atoms with E-state index in [0.29, 0.717) is 23.5 Å². The monoisotopic (exact) mass is 330 g/mol. The second-order valence-corrected chi connectivity index (χ2v) is 7.74. The third-order valence-electron chi connectivity index (χ3n) is 4.38. The fourth-order valence-electron chi connectivity index (χ4n) is 3.21. The van der Waals surface area contributed by atoms with Crippen molar-refractivity contribution >= 4 is 23.7 Å². The van der Waals surface area contributed by atoms with E-state index in [-0.39, 0.29) is 12.1 Å². The van der Waals surface area contributed by atoms with Gasteiger partial charge in [-0.2, -0.15) is 0 Å². The molecule has 0 aromatic rings. The first-order valence-electron chi connectivity index (χ1n) is 8.01. The molecule has 0 radical (unpaired) electrons. The van der Waals surface area contributed by atoms with E-state index in [2.05, 4.69) is 20.8 Å². The van der Waals surface area contributed by atoms with Gasteiger partial charge in [-0.1, -0.05) is 27.2 Å². The second kappa shape index (κ2) is 7.68. The molecule has 2 aliphatic rings. The standard InChI is InChI=1S/C16H26O5S/c1-9(2)12-6-5-10(3)7-13(12)20-15(18)16-21-14(8-22-16)19-11(4)17/h9-10,12-14,16H,5-8H2,1-4H3/t10-,12?,13?,14+,16+/m0/s1. The molecule has 22 heavy (non-hydrogen) atoms. The molecule has 1 saturated carbocycles. The lowest BCUT2D eigenvalue weighted by Gasteiger charge is -2.37. The minimum atomic E-state index is -0.686. The van der Waals surface area contributed by atoms with Crippen LogP contribution >= 0.6 is 11.8 Å². The SMILES string of the molecule is CC(=O)O[C@H]1CS[C@H](C(=O)OC2C[C@@H](C)CCC2C(C)C)O1. The van der Waals surface area contributed by atoms with Crippen LogP contribution in [0, 0.1) is 17.8 Å². The van der Waals surface area contributed by atoms with Gasteiger partial charge in [-0.3, -0.25) is 4.79 Å². The lowest BCUT2D eigenvalue weighted by molar-refractivity contribution is -0.185. The smallest absolute Gasteiger partial charge is 0.346 e. The maximum absolute atomic E-state index is 12.3. The van der Waals surface area contributed by atoms with Gasteiger partial charge in [0.15, 0.2) is 0 Å². The van der Waals surface area contributed by atoms with E-state index < -0.39 is 17.7 Å². The van der Waals surface area contributed by atoms with Gasteiger partial charge in [-0.05, 0) is 30.6 Å². The van der Waals surface area contributed by atoms with Crippen LogP contribution in [0.4, 0.5) is 0 Å². The highest BCUT2D eigenvalue weighted by atomic mass is 32.2. The molecule has 1 aliphatic carbocycles. The second-order valence-electron chi connectivity index (χ2n) is 6.64. The maximum Gasteiger partial charge on any atom is 0.346 e. The fraction of sp³-hybridized carbons (Fsp3) is 0.875. The first kappa shape index (κ1) is 17.6. The molecule has 2 fully saturated rings. The Balaban J connectivity index is 1.88. The Morgan fingerprint density at radius 1 is 1.23 bits per heavy atom. The third kappa shape index (κ3) is 4.62. The molecule has 0 amide bonds. The van der Waals surface area contributed by atoms with Crippen molar-refractivity contribution < 1.29 is 23.8 Å². The number of hydrogen-bond donors (Lipinski definition) is 0. The van der Waals surface area contributed by atoms with Gasteiger partial charge in [0, 0.05) is 6.92 Å². The van der Waals surface area contributed by atoms with Gasteiger partial charge in [0.1, 0.15) is 6.10 Å². The molecule has 6 heteroatoms. The summed E-state index contributed by atoms with van der Waals surface area (Å²) in [5.41, 5.74) is -0.686. The van der Waals surface area contributed by atoms with Gasteiger partial charge in [-0.15, -0.1) is 11.8 Å². The van der Waals surface area contributed by atoms with Crippen LogP contribution in [0.25, 0.3) is 0 Å². The summed E-state index contributed by atoms with van der Waals surface area (Å²) >= 11 is 1.33. The fourth-order valence-corrected chi connectivity index (χ4v) is 4.08. The number of thioether (sulfide) groups is 1. The Labute approximate surface area is 136 Å². The van der Waals surface area contributed by atoms with Crippen LogP contribution in [0.5, 0.6) is 0 Å². The topological polar surface area (TPSA) is 61.8 Å². The van der Waals surface area contributed by atoms with Crippen molar-refractivity contribution in [3.8, 4) is 0 Å². The Morgan fingerprint density at radius 2 is 1.95 bits per heavy atom. The van der Waals surface area contributed by atoms with Crippen molar-refractivity contribution in [3.63, 3.8) is 0 Å². The van der Waals surface area contributed by atoms with Crippen molar-refractivity contribution in [1.82, 2.24) is 0 Å². The molecule has 5 nitrogen and oxygen atoms in total. The molecule has 0 aromatic heterocycles. The van der Waals surface area contributed by atoms with Gasteiger partial charge in [0.05, 0.1) is 5.75 Å². The van der Waals surface area contributed by atoms with E-state index in [4.69, 9.17) is 14.2 Å². The van der Waals surface area contributed by atoms with Crippen molar-refractivity contribution in [2.24, 2.45) is 17.8 Å². The zero-order valence-electron chi connectivity index (χ0n) is 13.7. The molecule has 1 saturated heterocycles. The van der Waals surface area contributed by atoms with Gasteiger partial charge in [0.25, 0.3) is 0 Å². The lowest BCUT2D eigenvalue weighted by Crippen LogP contribution is -2.38. The highest BCUT2D eigenvalue weighted by Gasteiger charge is 2.39. The first-order valence-corrected chi connectivity index (χ1v) is 9.06. The van der Waals surface area contributed by atoms with E-state index >= 15 is 0 Å². The highest BCUT2D eigenvalue weighted by molar-refractivity contribution is 8.00. The summed E-state index contributed by atoms with van der Waals surface area (Å²) in [7, 11) is 0. The lowest BCUT2D eigenvalue weighted by atomic mass is 9.75. The molecule has 2 unspecified atom stereocenters. The van der Waals surface area contributed by atoms with Crippen molar-refractivity contribution in [3.05, 3.63) is 0 Å². The van der Waals surface area contributed by atoms with Crippen molar-refractivity contribution in [2.45, 2.75) is 64.8 Å². The number of esters is 2. The van der Waals surface area contributed by atoms with Crippen LogP contribution in [-0.4, -0.2) is 35.5 Å². The van der Waals surface area contributed by atoms with Crippen molar-refractivity contribution in [1.29, 1.82) is 0 Å². The summed E-state index contributed by atoms with van der Waals surface area (Å²) in [5, 5.41) is 0. The summed E-state index contributed by atoms with van der Waals surface area (Å²) in [6.07, 6.45) is 2.53. The number of carbonyl (C=O) groups is 2. The highest BCUT2D eigenvalue weighted by Crippen LogP contribution is 2.36. The third-order valence-corrected chi connectivity index (χ3v) is 5.45. The Kier molecular flexibility index (Phi) is 6.15. The van der Waals surface area contributed by atoms with Crippen LogP contribution < -0.4 is 0 Å². The van der Waals surface area contributed by atoms with E-state index in [9.17, 15) is 9.59 Å². The average Bonchev–Trinajstić information content (AvgIpc) is 2.86. The molecule has 0 aromatic carbocycles.